The van der Waals surface area contributed by atoms with E-state index in [1.807, 2.05) is 0 Å². The maximum absolute atomic E-state index is 3.48. The van der Waals surface area contributed by atoms with Crippen LogP contribution in [0.1, 0.15) is 33.1 Å². The van der Waals surface area contributed by atoms with Gasteiger partial charge in [0, 0.05) is 5.54 Å². The van der Waals surface area contributed by atoms with E-state index in [0.717, 1.165) is 6.54 Å². The van der Waals surface area contributed by atoms with Gasteiger partial charge in [0.25, 0.3) is 0 Å². The molecule has 1 aliphatic rings. The van der Waals surface area contributed by atoms with Crippen LogP contribution in [0.25, 0.3) is 0 Å². The van der Waals surface area contributed by atoms with Crippen LogP contribution in [-0.4, -0.2) is 12.1 Å². The summed E-state index contributed by atoms with van der Waals surface area (Å²) in [6.07, 6.45) is 4.11. The highest BCUT2D eigenvalue weighted by Gasteiger charge is 2.39. The Morgan fingerprint density at radius 2 is 2.00 bits per heavy atom. The first-order chi connectivity index (χ1) is 3.83. The van der Waals surface area contributed by atoms with Gasteiger partial charge in [0.1, 0.15) is 0 Å². The summed E-state index contributed by atoms with van der Waals surface area (Å²) < 4.78 is 0. The molecule has 0 saturated heterocycles. The standard InChI is InChI=1S/C7H15N/c1-3-7(5-6-7)8-4-2/h8H,3-6H2,1-2H3. The Labute approximate surface area is 51.5 Å². The predicted molar refractivity (Wildman–Crippen MR) is 35.9 cm³/mol. The van der Waals surface area contributed by atoms with Crippen molar-refractivity contribution in [2.75, 3.05) is 6.54 Å². The molecule has 0 atom stereocenters. The minimum absolute atomic E-state index is 0.592. The SMILES string of the molecule is CCNC1(CC)CC1. The van der Waals surface area contributed by atoms with Crippen LogP contribution in [0, 0.1) is 0 Å². The molecule has 48 valence electrons. The van der Waals surface area contributed by atoms with Crippen molar-refractivity contribution in [3.05, 3.63) is 0 Å². The normalized spacial score (nSPS) is 23.2. The molecule has 1 saturated carbocycles. The molecule has 0 radical (unpaired) electrons. The zero-order chi connectivity index (χ0) is 6.04. The largest absolute Gasteiger partial charge is 0.312 e. The molecule has 0 heterocycles. The van der Waals surface area contributed by atoms with E-state index >= 15 is 0 Å². The van der Waals surface area contributed by atoms with E-state index in [0.29, 0.717) is 5.54 Å². The fourth-order valence-corrected chi connectivity index (χ4v) is 1.18. The van der Waals surface area contributed by atoms with Crippen molar-refractivity contribution in [3.63, 3.8) is 0 Å². The van der Waals surface area contributed by atoms with E-state index in [1.165, 1.54) is 19.3 Å². The Balaban J connectivity index is 2.20. The minimum atomic E-state index is 0.592. The minimum Gasteiger partial charge on any atom is -0.312 e. The van der Waals surface area contributed by atoms with Crippen LogP contribution in [0.5, 0.6) is 0 Å². The summed E-state index contributed by atoms with van der Waals surface area (Å²) >= 11 is 0. The van der Waals surface area contributed by atoms with Crippen LogP contribution in [-0.2, 0) is 0 Å². The van der Waals surface area contributed by atoms with Crippen molar-refractivity contribution < 1.29 is 0 Å². The topological polar surface area (TPSA) is 12.0 Å². The van der Waals surface area contributed by atoms with E-state index in [-0.39, 0.29) is 0 Å². The van der Waals surface area contributed by atoms with E-state index < -0.39 is 0 Å². The fourth-order valence-electron chi connectivity index (χ4n) is 1.18. The second-order valence-electron chi connectivity index (χ2n) is 2.66. The molecular weight excluding hydrogens is 98.1 g/mol. The van der Waals surface area contributed by atoms with Crippen LogP contribution in [0.15, 0.2) is 0 Å². The smallest absolute Gasteiger partial charge is 0.0180 e. The maximum Gasteiger partial charge on any atom is 0.0180 e. The zero-order valence-electron chi connectivity index (χ0n) is 5.83. The van der Waals surface area contributed by atoms with Gasteiger partial charge in [-0.3, -0.25) is 0 Å². The Morgan fingerprint density at radius 3 is 2.12 bits per heavy atom. The van der Waals surface area contributed by atoms with Crippen LogP contribution in [0.4, 0.5) is 0 Å². The average Bonchev–Trinajstić information content (AvgIpc) is 2.50. The maximum atomic E-state index is 3.48. The molecule has 1 N–H and O–H groups in total. The van der Waals surface area contributed by atoms with Gasteiger partial charge < -0.3 is 5.32 Å². The lowest BCUT2D eigenvalue weighted by Crippen LogP contribution is -2.29. The van der Waals surface area contributed by atoms with Crippen molar-refractivity contribution >= 4 is 0 Å². The van der Waals surface area contributed by atoms with Crippen LogP contribution >= 0.6 is 0 Å². The number of nitrogens with one attached hydrogen (secondary N) is 1. The van der Waals surface area contributed by atoms with Gasteiger partial charge in [0.2, 0.25) is 0 Å². The van der Waals surface area contributed by atoms with Gasteiger partial charge in [0.15, 0.2) is 0 Å². The van der Waals surface area contributed by atoms with Gasteiger partial charge in [-0.25, -0.2) is 0 Å². The predicted octanol–water partition coefficient (Wildman–Crippen LogP) is 1.54. The summed E-state index contributed by atoms with van der Waals surface area (Å²) in [7, 11) is 0. The number of rotatable bonds is 3. The molecule has 1 rings (SSSR count). The summed E-state index contributed by atoms with van der Waals surface area (Å²) in [4.78, 5) is 0. The van der Waals surface area contributed by atoms with Gasteiger partial charge in [-0.1, -0.05) is 13.8 Å². The molecular formula is C7H15N. The second-order valence-corrected chi connectivity index (χ2v) is 2.66. The molecule has 0 amide bonds. The highest BCUT2D eigenvalue weighted by atomic mass is 15.0. The molecule has 8 heavy (non-hydrogen) atoms. The molecule has 0 aromatic rings. The van der Waals surface area contributed by atoms with E-state index in [4.69, 9.17) is 0 Å². The van der Waals surface area contributed by atoms with E-state index in [2.05, 4.69) is 19.2 Å². The fraction of sp³-hybridized carbons (Fsp3) is 1.00. The molecule has 0 unspecified atom stereocenters. The second kappa shape index (κ2) is 2.06. The highest BCUT2D eigenvalue weighted by Crippen LogP contribution is 2.37. The Kier molecular flexibility index (Phi) is 1.57. The average molecular weight is 113 g/mol. The van der Waals surface area contributed by atoms with Crippen LogP contribution < -0.4 is 5.32 Å². The van der Waals surface area contributed by atoms with E-state index in [9.17, 15) is 0 Å². The van der Waals surface area contributed by atoms with Crippen molar-refractivity contribution in [1.82, 2.24) is 5.32 Å². The monoisotopic (exact) mass is 113 g/mol. The molecule has 1 nitrogen and oxygen atoms in total. The zero-order valence-corrected chi connectivity index (χ0v) is 5.83. The summed E-state index contributed by atoms with van der Waals surface area (Å²) in [5, 5.41) is 3.48. The molecule has 0 aliphatic heterocycles. The van der Waals surface area contributed by atoms with E-state index in [1.54, 1.807) is 0 Å². The summed E-state index contributed by atoms with van der Waals surface area (Å²) in [5.74, 6) is 0. The molecule has 1 fully saturated rings. The van der Waals surface area contributed by atoms with Gasteiger partial charge in [0.05, 0.1) is 0 Å². The lowest BCUT2D eigenvalue weighted by Gasteiger charge is -2.11. The molecule has 0 bridgehead atoms. The Morgan fingerprint density at radius 1 is 1.38 bits per heavy atom. The molecule has 0 spiro atoms. The van der Waals surface area contributed by atoms with Gasteiger partial charge in [-0.2, -0.15) is 0 Å². The third-order valence-electron chi connectivity index (χ3n) is 2.08. The van der Waals surface area contributed by atoms with Crippen LogP contribution in [0.2, 0.25) is 0 Å². The van der Waals surface area contributed by atoms with Crippen molar-refractivity contribution in [2.24, 2.45) is 0 Å². The first-order valence-electron chi connectivity index (χ1n) is 3.58. The lowest BCUT2D eigenvalue weighted by atomic mass is 10.2. The quantitative estimate of drug-likeness (QED) is 0.585. The molecule has 0 aromatic carbocycles. The summed E-state index contributed by atoms with van der Waals surface area (Å²) in [6, 6.07) is 0. The van der Waals surface area contributed by atoms with Gasteiger partial charge in [-0.05, 0) is 25.8 Å². The molecule has 1 heteroatoms. The first kappa shape index (κ1) is 6.09. The highest BCUT2D eigenvalue weighted by molar-refractivity contribution is 4.99. The Bertz CT molecular complexity index is 74.5. The van der Waals surface area contributed by atoms with Gasteiger partial charge in [-0.15, -0.1) is 0 Å². The molecule has 1 aliphatic carbocycles. The third-order valence-corrected chi connectivity index (χ3v) is 2.08. The number of hydrogen-bond donors (Lipinski definition) is 1. The number of hydrogen-bond acceptors (Lipinski definition) is 1. The van der Waals surface area contributed by atoms with Crippen LogP contribution in [0.3, 0.4) is 0 Å². The summed E-state index contributed by atoms with van der Waals surface area (Å²) in [6.45, 7) is 5.57. The van der Waals surface area contributed by atoms with Crippen molar-refractivity contribution in [2.45, 2.75) is 38.6 Å². The van der Waals surface area contributed by atoms with Gasteiger partial charge >= 0.3 is 0 Å². The third kappa shape index (κ3) is 1.03. The van der Waals surface area contributed by atoms with Crippen molar-refractivity contribution in [3.8, 4) is 0 Å². The lowest BCUT2D eigenvalue weighted by molar-refractivity contribution is 0.499. The summed E-state index contributed by atoms with van der Waals surface area (Å²) in [5.41, 5.74) is 0.592. The van der Waals surface area contributed by atoms with Crippen molar-refractivity contribution in [1.29, 1.82) is 0 Å². The Hall–Kier alpha value is -0.0400. The molecule has 0 aromatic heterocycles. The first-order valence-corrected chi connectivity index (χ1v) is 3.58.